The molecule has 0 aromatic carbocycles. The van der Waals surface area contributed by atoms with E-state index >= 15 is 0 Å². The number of nitrogens with zero attached hydrogens (tertiary/aromatic N) is 1. The van der Waals surface area contributed by atoms with E-state index in [9.17, 15) is 0 Å². The summed E-state index contributed by atoms with van der Waals surface area (Å²) >= 11 is 6.05. The Balaban J connectivity index is 2.29. The van der Waals surface area contributed by atoms with Crippen LogP contribution in [0.4, 0.5) is 0 Å². The molecule has 2 rings (SSSR count). The quantitative estimate of drug-likeness (QED) is 0.749. The maximum Gasteiger partial charge on any atom is 0.0635 e. The topological polar surface area (TPSA) is 38.9 Å². The van der Waals surface area contributed by atoms with E-state index < -0.39 is 0 Å². The highest BCUT2D eigenvalue weighted by molar-refractivity contribution is 6.31. The molecule has 0 spiro atoms. The first-order valence-corrected chi connectivity index (χ1v) is 5.03. The van der Waals surface area contributed by atoms with Gasteiger partial charge in [0, 0.05) is 18.2 Å². The molecule has 2 N–H and O–H groups in total. The monoisotopic (exact) mass is 196 g/mol. The summed E-state index contributed by atoms with van der Waals surface area (Å²) in [5.74, 6) is 0.369. The van der Waals surface area contributed by atoms with Crippen molar-refractivity contribution >= 4 is 11.6 Å². The lowest BCUT2D eigenvalue weighted by atomic mass is 10.00. The van der Waals surface area contributed by atoms with Crippen molar-refractivity contribution in [3.8, 4) is 0 Å². The fraction of sp³-hybridized carbons (Fsp3) is 0.500. The van der Waals surface area contributed by atoms with Gasteiger partial charge in [0.25, 0.3) is 0 Å². The van der Waals surface area contributed by atoms with Crippen LogP contribution >= 0.6 is 11.6 Å². The van der Waals surface area contributed by atoms with Crippen LogP contribution in [0.5, 0.6) is 0 Å². The Kier molecular flexibility index (Phi) is 2.51. The zero-order valence-corrected chi connectivity index (χ0v) is 8.17. The molecular formula is C10H13ClN2. The van der Waals surface area contributed by atoms with Crippen LogP contribution in [0.3, 0.4) is 0 Å². The minimum atomic E-state index is 0.243. The fourth-order valence-corrected chi connectivity index (χ4v) is 2.26. The fourth-order valence-electron chi connectivity index (χ4n) is 2.00. The zero-order chi connectivity index (χ0) is 9.26. The summed E-state index contributed by atoms with van der Waals surface area (Å²) in [7, 11) is 0. The lowest BCUT2D eigenvalue weighted by molar-refractivity contribution is 0.598. The molecule has 0 saturated heterocycles. The van der Waals surface area contributed by atoms with Gasteiger partial charge < -0.3 is 5.73 Å². The normalized spacial score (nSPS) is 27.8. The van der Waals surface area contributed by atoms with Crippen molar-refractivity contribution in [3.63, 3.8) is 0 Å². The van der Waals surface area contributed by atoms with Crippen LogP contribution in [-0.4, -0.2) is 11.0 Å². The summed E-state index contributed by atoms with van der Waals surface area (Å²) in [5.41, 5.74) is 6.96. The van der Waals surface area contributed by atoms with Gasteiger partial charge in [0.05, 0.1) is 10.7 Å². The molecule has 1 aromatic rings. The van der Waals surface area contributed by atoms with Gasteiger partial charge in [-0.1, -0.05) is 18.0 Å². The molecule has 2 nitrogen and oxygen atoms in total. The van der Waals surface area contributed by atoms with Gasteiger partial charge >= 0.3 is 0 Å². The molecule has 0 bridgehead atoms. The third-order valence-corrected chi connectivity index (χ3v) is 3.03. The lowest BCUT2D eigenvalue weighted by Gasteiger charge is -2.15. The minimum absolute atomic E-state index is 0.243. The van der Waals surface area contributed by atoms with E-state index in [0.717, 1.165) is 23.6 Å². The van der Waals surface area contributed by atoms with Crippen molar-refractivity contribution in [2.24, 2.45) is 5.73 Å². The number of pyridine rings is 1. The van der Waals surface area contributed by atoms with Crippen molar-refractivity contribution < 1.29 is 0 Å². The molecule has 0 radical (unpaired) electrons. The maximum absolute atomic E-state index is 6.05. The molecule has 2 atom stereocenters. The minimum Gasteiger partial charge on any atom is -0.327 e. The standard InChI is InChI=1S/C10H13ClN2/c11-8-4-2-6-13-10(8)7-3-1-5-9(7)12/h2,4,6-7,9H,1,3,5,12H2. The van der Waals surface area contributed by atoms with Crippen LogP contribution in [0, 0.1) is 0 Å². The van der Waals surface area contributed by atoms with Gasteiger partial charge in [0.1, 0.15) is 0 Å². The third-order valence-electron chi connectivity index (χ3n) is 2.71. The molecule has 1 fully saturated rings. The number of halogens is 1. The molecule has 1 aliphatic carbocycles. The van der Waals surface area contributed by atoms with Crippen LogP contribution in [0.15, 0.2) is 18.3 Å². The van der Waals surface area contributed by atoms with E-state index in [-0.39, 0.29) is 6.04 Å². The molecule has 1 saturated carbocycles. The average molecular weight is 197 g/mol. The largest absolute Gasteiger partial charge is 0.327 e. The van der Waals surface area contributed by atoms with E-state index in [4.69, 9.17) is 17.3 Å². The molecule has 0 aliphatic heterocycles. The number of aromatic nitrogens is 1. The molecule has 70 valence electrons. The Morgan fingerprint density at radius 2 is 2.31 bits per heavy atom. The van der Waals surface area contributed by atoms with E-state index in [1.54, 1.807) is 6.20 Å². The predicted molar refractivity (Wildman–Crippen MR) is 53.8 cm³/mol. The maximum atomic E-state index is 6.05. The summed E-state index contributed by atoms with van der Waals surface area (Å²) in [4.78, 5) is 4.30. The lowest BCUT2D eigenvalue weighted by Crippen LogP contribution is -2.23. The Hall–Kier alpha value is -0.600. The number of hydrogen-bond acceptors (Lipinski definition) is 2. The Morgan fingerprint density at radius 3 is 2.92 bits per heavy atom. The van der Waals surface area contributed by atoms with Crippen molar-refractivity contribution in [3.05, 3.63) is 29.0 Å². The smallest absolute Gasteiger partial charge is 0.0635 e. The second-order valence-electron chi connectivity index (χ2n) is 3.57. The molecule has 3 heteroatoms. The Bertz CT molecular complexity index is 301. The van der Waals surface area contributed by atoms with Crippen LogP contribution < -0.4 is 5.73 Å². The second-order valence-corrected chi connectivity index (χ2v) is 3.98. The third kappa shape index (κ3) is 1.69. The van der Waals surface area contributed by atoms with E-state index in [2.05, 4.69) is 4.98 Å². The second kappa shape index (κ2) is 3.64. The first kappa shape index (κ1) is 8.97. The predicted octanol–water partition coefficient (Wildman–Crippen LogP) is 2.33. The van der Waals surface area contributed by atoms with Crippen LogP contribution in [-0.2, 0) is 0 Å². The Morgan fingerprint density at radius 1 is 1.46 bits per heavy atom. The zero-order valence-electron chi connectivity index (χ0n) is 7.41. The molecule has 1 aliphatic rings. The van der Waals surface area contributed by atoms with Gasteiger partial charge in [0.15, 0.2) is 0 Å². The molecule has 2 unspecified atom stereocenters. The van der Waals surface area contributed by atoms with Crippen molar-refractivity contribution in [2.75, 3.05) is 0 Å². The van der Waals surface area contributed by atoms with Crippen molar-refractivity contribution in [1.82, 2.24) is 4.98 Å². The summed E-state index contributed by atoms with van der Waals surface area (Å²) in [6.45, 7) is 0. The molecule has 0 amide bonds. The summed E-state index contributed by atoms with van der Waals surface area (Å²) in [5, 5.41) is 0.754. The SMILES string of the molecule is NC1CCCC1c1ncccc1Cl. The van der Waals surface area contributed by atoms with E-state index in [1.165, 1.54) is 6.42 Å². The van der Waals surface area contributed by atoms with Crippen molar-refractivity contribution in [1.29, 1.82) is 0 Å². The van der Waals surface area contributed by atoms with Crippen LogP contribution in [0.1, 0.15) is 30.9 Å². The van der Waals surface area contributed by atoms with Gasteiger partial charge in [-0.15, -0.1) is 0 Å². The van der Waals surface area contributed by atoms with E-state index in [0.29, 0.717) is 5.92 Å². The average Bonchev–Trinajstić information content (AvgIpc) is 2.52. The highest BCUT2D eigenvalue weighted by Crippen LogP contribution is 2.35. The molecule has 1 heterocycles. The van der Waals surface area contributed by atoms with Gasteiger partial charge in [-0.3, -0.25) is 4.98 Å². The van der Waals surface area contributed by atoms with Crippen LogP contribution in [0.25, 0.3) is 0 Å². The number of hydrogen-bond donors (Lipinski definition) is 1. The summed E-state index contributed by atoms with van der Waals surface area (Å²) < 4.78 is 0. The first-order valence-electron chi connectivity index (χ1n) is 4.65. The molecule has 1 aromatic heterocycles. The van der Waals surface area contributed by atoms with Gasteiger partial charge in [-0.05, 0) is 25.0 Å². The number of rotatable bonds is 1. The van der Waals surface area contributed by atoms with Gasteiger partial charge in [0.2, 0.25) is 0 Å². The van der Waals surface area contributed by atoms with Gasteiger partial charge in [-0.25, -0.2) is 0 Å². The Labute approximate surface area is 83.1 Å². The summed E-state index contributed by atoms with van der Waals surface area (Å²) in [6, 6.07) is 3.98. The van der Waals surface area contributed by atoms with E-state index in [1.807, 2.05) is 12.1 Å². The summed E-state index contributed by atoms with van der Waals surface area (Å²) in [6.07, 6.45) is 5.19. The van der Waals surface area contributed by atoms with Gasteiger partial charge in [-0.2, -0.15) is 0 Å². The number of nitrogens with two attached hydrogens (primary N) is 1. The molecular weight excluding hydrogens is 184 g/mol. The molecule has 13 heavy (non-hydrogen) atoms. The van der Waals surface area contributed by atoms with Crippen LogP contribution in [0.2, 0.25) is 5.02 Å². The highest BCUT2D eigenvalue weighted by atomic mass is 35.5. The van der Waals surface area contributed by atoms with Crippen molar-refractivity contribution in [2.45, 2.75) is 31.2 Å². The highest BCUT2D eigenvalue weighted by Gasteiger charge is 2.27. The first-order chi connectivity index (χ1) is 6.29.